The minimum absolute atomic E-state index is 0. The first-order chi connectivity index (χ1) is 12.2. The summed E-state index contributed by atoms with van der Waals surface area (Å²) in [6.07, 6.45) is 10.8. The van der Waals surface area contributed by atoms with E-state index in [4.69, 9.17) is 0 Å². The summed E-state index contributed by atoms with van der Waals surface area (Å²) < 4.78 is 0. The molecule has 4 heteroatoms. The fourth-order valence-electron chi connectivity index (χ4n) is 3.88. The van der Waals surface area contributed by atoms with E-state index in [9.17, 15) is 5.11 Å². The maximum Gasteiger partial charge on any atom is 0.150 e. The Morgan fingerprint density at radius 1 is 0.962 bits per heavy atom. The average Bonchev–Trinajstić information content (AvgIpc) is 2.65. The zero-order chi connectivity index (χ0) is 18.1. The molecular formula is C22H35ClN2O. The summed E-state index contributed by atoms with van der Waals surface area (Å²) >= 11 is 0. The highest BCUT2D eigenvalue weighted by atomic mass is 35.5. The van der Waals surface area contributed by atoms with Crippen molar-refractivity contribution in [2.24, 2.45) is 0 Å². The maximum absolute atomic E-state index is 10.9. The van der Waals surface area contributed by atoms with E-state index in [2.05, 4.69) is 37.9 Å². The highest BCUT2D eigenvalue weighted by Gasteiger charge is 2.25. The van der Waals surface area contributed by atoms with Gasteiger partial charge in [0.15, 0.2) is 5.75 Å². The number of hydrogen-bond acceptors (Lipinski definition) is 2. The molecule has 3 nitrogen and oxygen atoms in total. The van der Waals surface area contributed by atoms with Crippen LogP contribution in [0.3, 0.4) is 0 Å². The molecule has 2 rings (SSSR count). The van der Waals surface area contributed by atoms with Crippen LogP contribution in [0.25, 0.3) is 10.9 Å². The Bertz CT molecular complexity index is 643. The van der Waals surface area contributed by atoms with E-state index >= 15 is 0 Å². The topological polar surface area (TPSA) is 37.6 Å². The van der Waals surface area contributed by atoms with E-state index in [0.29, 0.717) is 11.8 Å². The molecule has 1 aromatic carbocycles. The number of unbranched alkanes of at least 4 members (excludes halogenated alkanes) is 5. The number of pyridine rings is 1. The first kappa shape index (κ1) is 22.7. The van der Waals surface area contributed by atoms with E-state index < -0.39 is 0 Å². The van der Waals surface area contributed by atoms with Crippen molar-refractivity contribution in [1.82, 2.24) is 4.98 Å². The first-order valence-electron chi connectivity index (χ1n) is 10.1. The lowest BCUT2D eigenvalue weighted by Crippen LogP contribution is -3.11. The number of nitrogens with one attached hydrogen (secondary N) is 1. The lowest BCUT2D eigenvalue weighted by molar-refractivity contribution is -0.928. The molecule has 0 fully saturated rings. The minimum Gasteiger partial charge on any atom is -1.00 e. The molecule has 0 saturated carbocycles. The largest absolute Gasteiger partial charge is 1.00 e. The number of rotatable bonds is 11. The SMILES string of the molecule is CCCCCCCCC(c1ccc2cccnc2c1O)[NH+](CC)CC.[Cl-]. The molecule has 1 aromatic heterocycles. The fourth-order valence-corrected chi connectivity index (χ4v) is 3.88. The van der Waals surface area contributed by atoms with Crippen LogP contribution >= 0.6 is 0 Å². The summed E-state index contributed by atoms with van der Waals surface area (Å²) in [5.41, 5.74) is 1.80. The summed E-state index contributed by atoms with van der Waals surface area (Å²) in [5, 5.41) is 11.9. The van der Waals surface area contributed by atoms with Gasteiger partial charge in [-0.15, -0.1) is 0 Å². The Morgan fingerprint density at radius 3 is 2.35 bits per heavy atom. The van der Waals surface area contributed by atoms with Gasteiger partial charge in [0.05, 0.1) is 18.7 Å². The third-order valence-electron chi connectivity index (χ3n) is 5.40. The van der Waals surface area contributed by atoms with Crippen molar-refractivity contribution in [3.05, 3.63) is 36.0 Å². The number of hydrogen-bond donors (Lipinski definition) is 2. The summed E-state index contributed by atoms with van der Waals surface area (Å²) in [7, 11) is 0. The van der Waals surface area contributed by atoms with Crippen molar-refractivity contribution in [3.63, 3.8) is 0 Å². The molecule has 1 heterocycles. The summed E-state index contributed by atoms with van der Waals surface area (Å²) in [4.78, 5) is 5.95. The third-order valence-corrected chi connectivity index (χ3v) is 5.40. The van der Waals surface area contributed by atoms with Crippen LogP contribution in [0.5, 0.6) is 5.75 Å². The molecule has 26 heavy (non-hydrogen) atoms. The molecule has 0 aliphatic carbocycles. The smallest absolute Gasteiger partial charge is 0.150 e. The standard InChI is InChI=1S/C22H34N2O.ClH/c1-4-7-8-9-10-11-14-20(24(5-2)6-3)19-16-15-18-13-12-17-23-21(18)22(19)25;/h12-13,15-17,20,25H,4-11,14H2,1-3H3;1H. The molecule has 0 aliphatic rings. The van der Waals surface area contributed by atoms with Gasteiger partial charge in [-0.1, -0.05) is 51.2 Å². The predicted molar refractivity (Wildman–Crippen MR) is 106 cm³/mol. The minimum atomic E-state index is 0. The second-order valence-electron chi connectivity index (χ2n) is 7.05. The van der Waals surface area contributed by atoms with Crippen LogP contribution in [0.4, 0.5) is 0 Å². The van der Waals surface area contributed by atoms with Crippen molar-refractivity contribution < 1.29 is 22.4 Å². The third kappa shape index (κ3) is 5.85. The quantitative estimate of drug-likeness (QED) is 0.583. The average molecular weight is 379 g/mol. The molecule has 0 saturated heterocycles. The predicted octanol–water partition coefficient (Wildman–Crippen LogP) is 1.66. The summed E-state index contributed by atoms with van der Waals surface area (Å²) in [6, 6.07) is 8.51. The molecule has 0 spiro atoms. The molecule has 2 N–H and O–H groups in total. The van der Waals surface area contributed by atoms with Gasteiger partial charge < -0.3 is 22.4 Å². The van der Waals surface area contributed by atoms with Crippen molar-refractivity contribution in [3.8, 4) is 5.75 Å². The summed E-state index contributed by atoms with van der Waals surface area (Å²) in [5.74, 6) is 0.383. The lowest BCUT2D eigenvalue weighted by atomic mass is 9.96. The van der Waals surface area contributed by atoms with Crippen LogP contribution in [0.2, 0.25) is 0 Å². The van der Waals surface area contributed by atoms with Crippen LogP contribution in [-0.2, 0) is 0 Å². The molecule has 0 radical (unpaired) electrons. The van der Waals surface area contributed by atoms with Crippen molar-refractivity contribution in [2.75, 3.05) is 13.1 Å². The normalized spacial score (nSPS) is 12.3. The Kier molecular flexibility index (Phi) is 10.6. The number of benzene rings is 1. The van der Waals surface area contributed by atoms with Gasteiger partial charge in [0.25, 0.3) is 0 Å². The zero-order valence-electron chi connectivity index (χ0n) is 16.6. The highest BCUT2D eigenvalue weighted by molar-refractivity contribution is 5.85. The molecule has 146 valence electrons. The van der Waals surface area contributed by atoms with Gasteiger partial charge in [-0.25, -0.2) is 0 Å². The second-order valence-corrected chi connectivity index (χ2v) is 7.05. The Balaban J connectivity index is 0.00000338. The van der Waals surface area contributed by atoms with E-state index in [-0.39, 0.29) is 12.4 Å². The van der Waals surface area contributed by atoms with Gasteiger partial charge >= 0.3 is 0 Å². The molecule has 1 atom stereocenters. The number of phenols is 1. The summed E-state index contributed by atoms with van der Waals surface area (Å²) in [6.45, 7) is 8.90. The van der Waals surface area contributed by atoms with Crippen LogP contribution in [0.1, 0.15) is 77.3 Å². The molecule has 0 aliphatic heterocycles. The zero-order valence-corrected chi connectivity index (χ0v) is 17.4. The van der Waals surface area contributed by atoms with Crippen LogP contribution in [-0.4, -0.2) is 23.2 Å². The Morgan fingerprint density at radius 2 is 1.65 bits per heavy atom. The van der Waals surface area contributed by atoms with E-state index in [0.717, 1.165) is 36.0 Å². The molecular weight excluding hydrogens is 344 g/mol. The Hall–Kier alpha value is -1.32. The van der Waals surface area contributed by atoms with Crippen molar-refractivity contribution in [1.29, 1.82) is 0 Å². The second kappa shape index (κ2) is 12.1. The maximum atomic E-state index is 10.9. The number of aromatic hydroxyl groups is 1. The van der Waals surface area contributed by atoms with E-state index in [1.807, 2.05) is 12.1 Å². The van der Waals surface area contributed by atoms with Crippen molar-refractivity contribution >= 4 is 10.9 Å². The highest BCUT2D eigenvalue weighted by Crippen LogP contribution is 2.32. The van der Waals surface area contributed by atoms with Gasteiger partial charge in [-0.05, 0) is 32.4 Å². The number of halogens is 1. The van der Waals surface area contributed by atoms with Crippen molar-refractivity contribution in [2.45, 2.75) is 71.8 Å². The fraction of sp³-hybridized carbons (Fsp3) is 0.591. The first-order valence-corrected chi connectivity index (χ1v) is 10.1. The number of phenolic OH excluding ortho intramolecular Hbond substituents is 1. The number of nitrogens with zero attached hydrogens (tertiary/aromatic N) is 1. The van der Waals surface area contributed by atoms with Crippen LogP contribution in [0, 0.1) is 0 Å². The van der Waals surface area contributed by atoms with Gasteiger partial charge in [-0.3, -0.25) is 4.98 Å². The van der Waals surface area contributed by atoms with E-state index in [1.54, 1.807) is 11.1 Å². The van der Waals surface area contributed by atoms with Gasteiger partial charge in [0.2, 0.25) is 0 Å². The molecule has 0 bridgehead atoms. The van der Waals surface area contributed by atoms with Gasteiger partial charge in [-0.2, -0.15) is 0 Å². The van der Waals surface area contributed by atoms with Crippen LogP contribution < -0.4 is 17.3 Å². The molecule has 1 unspecified atom stereocenters. The van der Waals surface area contributed by atoms with Gasteiger partial charge in [0, 0.05) is 18.0 Å². The number of aromatic nitrogens is 1. The molecule has 0 amide bonds. The van der Waals surface area contributed by atoms with Crippen LogP contribution in [0.15, 0.2) is 30.5 Å². The Labute approximate surface area is 165 Å². The molecule has 2 aromatic rings. The monoisotopic (exact) mass is 378 g/mol. The number of fused-ring (bicyclic) bond motifs is 1. The van der Waals surface area contributed by atoms with Gasteiger partial charge in [0.1, 0.15) is 11.6 Å². The van der Waals surface area contributed by atoms with E-state index in [1.165, 1.54) is 38.5 Å². The lowest BCUT2D eigenvalue weighted by Gasteiger charge is -2.28. The number of quaternary nitrogens is 1.